The molecule has 0 radical (unpaired) electrons. The number of aryl methyl sites for hydroxylation is 1. The molecule has 68 valence electrons. The maximum absolute atomic E-state index is 9.31. The standard InChI is InChI=1S/C10H11NO2/c1-7-3-4-9-8(5-7)6-11(2)10(12)13-9/h3-5H,6H2,1-2H3/p+1. The van der Waals surface area contributed by atoms with Crippen LogP contribution in [0.1, 0.15) is 11.1 Å². The van der Waals surface area contributed by atoms with Crippen LogP contribution in [-0.2, 0) is 6.54 Å². The van der Waals surface area contributed by atoms with Crippen LogP contribution in [-0.4, -0.2) is 22.8 Å². The van der Waals surface area contributed by atoms with Gasteiger partial charge in [0.2, 0.25) is 0 Å². The number of fused-ring (bicyclic) bond motifs is 1. The van der Waals surface area contributed by atoms with Crippen molar-refractivity contribution in [1.82, 2.24) is 0 Å². The SMILES string of the molecule is Cc1ccc2c(c1)C[N+](C)=C(O)O2. The molecule has 0 atom stereocenters. The number of hydrogen-bond acceptors (Lipinski definition) is 1. The fourth-order valence-electron chi connectivity index (χ4n) is 1.43. The smallest absolute Gasteiger partial charge is 0.430 e. The Kier molecular flexibility index (Phi) is 1.72. The first kappa shape index (κ1) is 8.10. The molecule has 0 spiro atoms. The molecule has 0 unspecified atom stereocenters. The van der Waals surface area contributed by atoms with Gasteiger partial charge in [-0.1, -0.05) is 11.6 Å². The second-order valence-electron chi connectivity index (χ2n) is 3.35. The van der Waals surface area contributed by atoms with E-state index in [1.807, 2.05) is 19.1 Å². The van der Waals surface area contributed by atoms with Crippen LogP contribution in [0, 0.1) is 6.92 Å². The van der Waals surface area contributed by atoms with Crippen LogP contribution in [0.15, 0.2) is 18.2 Å². The van der Waals surface area contributed by atoms with E-state index in [0.717, 1.165) is 11.3 Å². The van der Waals surface area contributed by atoms with Gasteiger partial charge in [-0.05, 0) is 19.1 Å². The Balaban J connectivity index is 2.44. The quantitative estimate of drug-likeness (QED) is 0.610. The van der Waals surface area contributed by atoms with Crippen LogP contribution in [0.25, 0.3) is 0 Å². The maximum Gasteiger partial charge on any atom is 0.552 e. The summed E-state index contributed by atoms with van der Waals surface area (Å²) in [6, 6.07) is 5.92. The highest BCUT2D eigenvalue weighted by Crippen LogP contribution is 2.23. The van der Waals surface area contributed by atoms with Gasteiger partial charge in [0.1, 0.15) is 12.8 Å². The van der Waals surface area contributed by atoms with Gasteiger partial charge >= 0.3 is 6.08 Å². The molecule has 0 bridgehead atoms. The zero-order valence-electron chi connectivity index (χ0n) is 7.74. The molecule has 1 aromatic rings. The summed E-state index contributed by atoms with van der Waals surface area (Å²) in [5.74, 6) is 0.751. The van der Waals surface area contributed by atoms with Gasteiger partial charge in [0, 0.05) is 0 Å². The van der Waals surface area contributed by atoms with E-state index in [-0.39, 0.29) is 6.08 Å². The predicted molar refractivity (Wildman–Crippen MR) is 49.3 cm³/mol. The molecule has 2 rings (SSSR count). The van der Waals surface area contributed by atoms with Crippen molar-refractivity contribution >= 4 is 6.08 Å². The number of aliphatic hydroxyl groups is 1. The molecule has 3 nitrogen and oxygen atoms in total. The Morgan fingerprint density at radius 1 is 1.46 bits per heavy atom. The molecule has 1 aliphatic rings. The van der Waals surface area contributed by atoms with E-state index in [4.69, 9.17) is 4.74 Å². The Hall–Kier alpha value is -1.51. The number of hydrogen-bond donors (Lipinski definition) is 1. The molecule has 13 heavy (non-hydrogen) atoms. The molecule has 3 heteroatoms. The molecule has 0 aliphatic carbocycles. The third-order valence-corrected chi connectivity index (χ3v) is 2.15. The Bertz CT molecular complexity index is 383. The van der Waals surface area contributed by atoms with Crippen molar-refractivity contribution in [2.24, 2.45) is 0 Å². The van der Waals surface area contributed by atoms with E-state index in [0.29, 0.717) is 6.54 Å². The lowest BCUT2D eigenvalue weighted by Crippen LogP contribution is -2.27. The number of benzene rings is 1. The third kappa shape index (κ3) is 1.37. The fraction of sp³-hybridized carbons (Fsp3) is 0.300. The van der Waals surface area contributed by atoms with Crippen molar-refractivity contribution in [3.8, 4) is 5.75 Å². The van der Waals surface area contributed by atoms with Crippen molar-refractivity contribution in [1.29, 1.82) is 0 Å². The van der Waals surface area contributed by atoms with Gasteiger partial charge in [0.15, 0.2) is 6.54 Å². The molecule has 0 saturated carbocycles. The monoisotopic (exact) mass is 178 g/mol. The average molecular weight is 178 g/mol. The minimum absolute atomic E-state index is 0.0312. The molecule has 0 amide bonds. The summed E-state index contributed by atoms with van der Waals surface area (Å²) < 4.78 is 6.87. The van der Waals surface area contributed by atoms with Gasteiger partial charge in [-0.25, -0.2) is 0 Å². The lowest BCUT2D eigenvalue weighted by atomic mass is 10.1. The molecule has 0 fully saturated rings. The van der Waals surface area contributed by atoms with Gasteiger partial charge in [0.25, 0.3) is 0 Å². The number of aliphatic hydroxyl groups excluding tert-OH is 1. The van der Waals surface area contributed by atoms with Crippen LogP contribution in [0.5, 0.6) is 5.75 Å². The van der Waals surface area contributed by atoms with E-state index >= 15 is 0 Å². The largest absolute Gasteiger partial charge is 0.552 e. The van der Waals surface area contributed by atoms with Gasteiger partial charge in [-0.2, -0.15) is 4.58 Å². The number of rotatable bonds is 0. The molecule has 1 N–H and O–H groups in total. The molecule has 1 aliphatic heterocycles. The zero-order valence-corrected chi connectivity index (χ0v) is 7.74. The van der Waals surface area contributed by atoms with Crippen LogP contribution >= 0.6 is 0 Å². The summed E-state index contributed by atoms with van der Waals surface area (Å²) in [5.41, 5.74) is 2.32. The van der Waals surface area contributed by atoms with Crippen LogP contribution in [0.4, 0.5) is 0 Å². The van der Waals surface area contributed by atoms with E-state index in [2.05, 4.69) is 6.07 Å². The van der Waals surface area contributed by atoms with Gasteiger partial charge < -0.3 is 9.84 Å². The summed E-state index contributed by atoms with van der Waals surface area (Å²) in [7, 11) is 1.79. The summed E-state index contributed by atoms with van der Waals surface area (Å²) >= 11 is 0. The summed E-state index contributed by atoms with van der Waals surface area (Å²) in [4.78, 5) is 0. The van der Waals surface area contributed by atoms with Gasteiger partial charge in [-0.15, -0.1) is 0 Å². The highest BCUT2D eigenvalue weighted by atomic mass is 16.6. The first-order valence-electron chi connectivity index (χ1n) is 4.21. The first-order chi connectivity index (χ1) is 6.16. The second-order valence-corrected chi connectivity index (χ2v) is 3.35. The Morgan fingerprint density at radius 2 is 2.23 bits per heavy atom. The molecule has 0 aromatic heterocycles. The van der Waals surface area contributed by atoms with E-state index < -0.39 is 0 Å². The minimum Gasteiger partial charge on any atom is -0.430 e. The predicted octanol–water partition coefficient (Wildman–Crippen LogP) is 1.44. The summed E-state index contributed by atoms with van der Waals surface area (Å²) in [6.07, 6.45) is -0.0312. The molecule has 1 aromatic carbocycles. The highest BCUT2D eigenvalue weighted by Gasteiger charge is 2.22. The average Bonchev–Trinajstić information content (AvgIpc) is 2.08. The van der Waals surface area contributed by atoms with E-state index in [1.165, 1.54) is 5.56 Å². The Labute approximate surface area is 76.9 Å². The normalized spacial score (nSPS) is 15.2. The summed E-state index contributed by atoms with van der Waals surface area (Å²) in [5, 5.41) is 9.31. The fourth-order valence-corrected chi connectivity index (χ4v) is 1.43. The van der Waals surface area contributed by atoms with Crippen LogP contribution < -0.4 is 4.74 Å². The van der Waals surface area contributed by atoms with Crippen molar-refractivity contribution in [2.75, 3.05) is 7.05 Å². The van der Waals surface area contributed by atoms with Gasteiger partial charge in [0.05, 0.1) is 5.56 Å². The number of nitrogens with zero attached hydrogens (tertiary/aromatic N) is 1. The van der Waals surface area contributed by atoms with Crippen LogP contribution in [0.2, 0.25) is 0 Å². The first-order valence-corrected chi connectivity index (χ1v) is 4.21. The number of ether oxygens (including phenoxy) is 1. The summed E-state index contributed by atoms with van der Waals surface area (Å²) in [6.45, 7) is 2.74. The van der Waals surface area contributed by atoms with Gasteiger partial charge in [-0.3, -0.25) is 0 Å². The highest BCUT2D eigenvalue weighted by molar-refractivity contribution is 5.64. The van der Waals surface area contributed by atoms with E-state index in [1.54, 1.807) is 11.6 Å². The third-order valence-electron chi connectivity index (χ3n) is 2.15. The lowest BCUT2D eigenvalue weighted by molar-refractivity contribution is -0.533. The molecular weight excluding hydrogens is 166 g/mol. The van der Waals surface area contributed by atoms with Crippen molar-refractivity contribution in [3.63, 3.8) is 0 Å². The minimum atomic E-state index is -0.0312. The topological polar surface area (TPSA) is 32.5 Å². The zero-order chi connectivity index (χ0) is 9.42. The van der Waals surface area contributed by atoms with E-state index in [9.17, 15) is 5.11 Å². The Morgan fingerprint density at radius 3 is 3.00 bits per heavy atom. The lowest BCUT2D eigenvalue weighted by Gasteiger charge is -2.12. The maximum atomic E-state index is 9.31. The molecule has 1 heterocycles. The molecule has 0 saturated heterocycles. The van der Waals surface area contributed by atoms with Crippen molar-refractivity contribution in [3.05, 3.63) is 29.3 Å². The van der Waals surface area contributed by atoms with Crippen molar-refractivity contribution in [2.45, 2.75) is 13.5 Å². The van der Waals surface area contributed by atoms with Crippen LogP contribution in [0.3, 0.4) is 0 Å². The molecular formula is C10H12NO2+. The second kappa shape index (κ2) is 2.76. The van der Waals surface area contributed by atoms with Crippen molar-refractivity contribution < 1.29 is 14.4 Å².